The zero-order chi connectivity index (χ0) is 13.2. The Morgan fingerprint density at radius 1 is 1.26 bits per heavy atom. The van der Waals surface area contributed by atoms with Crippen molar-refractivity contribution in [2.75, 3.05) is 5.32 Å². The third-order valence-corrected chi connectivity index (χ3v) is 2.86. The molecule has 3 rings (SSSR count). The highest BCUT2D eigenvalue weighted by Crippen LogP contribution is 2.22. The maximum Gasteiger partial charge on any atom is 0.224 e. The van der Waals surface area contributed by atoms with Gasteiger partial charge in [0.25, 0.3) is 0 Å². The lowest BCUT2D eigenvalue weighted by atomic mass is 10.2. The van der Waals surface area contributed by atoms with Crippen molar-refractivity contribution in [1.82, 2.24) is 15.1 Å². The molecule has 5 nitrogen and oxygen atoms in total. The van der Waals surface area contributed by atoms with Crippen LogP contribution in [-0.4, -0.2) is 15.1 Å². The molecule has 0 amide bonds. The lowest BCUT2D eigenvalue weighted by molar-refractivity contribution is 0.391. The van der Waals surface area contributed by atoms with E-state index in [1.807, 2.05) is 37.3 Å². The topological polar surface area (TPSA) is 63.8 Å². The highest BCUT2D eigenvalue weighted by Gasteiger charge is 2.07. The molecule has 0 saturated carbocycles. The molecular formula is C13H11ClN4O. The number of nitrogens with zero attached hydrogens (tertiary/aromatic N) is 3. The van der Waals surface area contributed by atoms with Crippen LogP contribution in [0.5, 0.6) is 0 Å². The average Bonchev–Trinajstić information content (AvgIpc) is 2.81. The zero-order valence-electron chi connectivity index (χ0n) is 10.2. The molecule has 0 atom stereocenters. The van der Waals surface area contributed by atoms with Crippen molar-refractivity contribution >= 4 is 28.3 Å². The summed E-state index contributed by atoms with van der Waals surface area (Å²) in [6.07, 6.45) is 0. The Bertz CT molecular complexity index is 725. The summed E-state index contributed by atoms with van der Waals surface area (Å²) in [5, 5.41) is 8.26. The molecule has 96 valence electrons. The molecule has 0 saturated heterocycles. The Kier molecular flexibility index (Phi) is 3.05. The zero-order valence-corrected chi connectivity index (χ0v) is 11.0. The number of aryl methyl sites for hydroxylation is 1. The van der Waals surface area contributed by atoms with E-state index in [-0.39, 0.29) is 5.28 Å². The van der Waals surface area contributed by atoms with E-state index < -0.39 is 0 Å². The summed E-state index contributed by atoms with van der Waals surface area (Å²) in [5.41, 5.74) is 1.62. The molecule has 0 aliphatic carbocycles. The first kappa shape index (κ1) is 11.9. The molecule has 0 radical (unpaired) electrons. The molecule has 3 aromatic rings. The number of benzene rings is 1. The predicted octanol–water partition coefficient (Wildman–Crippen LogP) is 3.19. The summed E-state index contributed by atoms with van der Waals surface area (Å²) >= 11 is 5.91. The number of hydrogen-bond acceptors (Lipinski definition) is 5. The third-order valence-electron chi connectivity index (χ3n) is 2.69. The predicted molar refractivity (Wildman–Crippen MR) is 73.1 cm³/mol. The van der Waals surface area contributed by atoms with E-state index in [2.05, 4.69) is 20.4 Å². The molecule has 0 bridgehead atoms. The largest absolute Gasteiger partial charge is 0.364 e. The van der Waals surface area contributed by atoms with Gasteiger partial charge in [0.15, 0.2) is 0 Å². The number of hydrogen-bond donors (Lipinski definition) is 1. The van der Waals surface area contributed by atoms with Gasteiger partial charge >= 0.3 is 0 Å². The molecule has 0 spiro atoms. The van der Waals surface area contributed by atoms with Crippen molar-refractivity contribution in [1.29, 1.82) is 0 Å². The number of nitrogens with one attached hydrogen (secondary N) is 1. The molecule has 0 aliphatic heterocycles. The Morgan fingerprint density at radius 2 is 2.11 bits per heavy atom. The Labute approximate surface area is 114 Å². The summed E-state index contributed by atoms with van der Waals surface area (Å²) in [6, 6.07) is 9.57. The maximum absolute atomic E-state index is 5.91. The van der Waals surface area contributed by atoms with Gasteiger partial charge < -0.3 is 9.84 Å². The number of aromatic nitrogens is 3. The van der Waals surface area contributed by atoms with Gasteiger partial charge in [0.2, 0.25) is 5.28 Å². The summed E-state index contributed by atoms with van der Waals surface area (Å²) in [4.78, 5) is 8.38. The van der Waals surface area contributed by atoms with E-state index in [0.717, 1.165) is 22.4 Å². The van der Waals surface area contributed by atoms with Crippen LogP contribution in [0.4, 0.5) is 5.82 Å². The maximum atomic E-state index is 5.91. The van der Waals surface area contributed by atoms with Crippen LogP contribution in [0.15, 0.2) is 34.9 Å². The second-order valence-corrected chi connectivity index (χ2v) is 4.48. The number of para-hydroxylation sites is 1. The van der Waals surface area contributed by atoms with Crippen LogP contribution in [-0.2, 0) is 6.54 Å². The van der Waals surface area contributed by atoms with Crippen LogP contribution < -0.4 is 5.32 Å². The van der Waals surface area contributed by atoms with Crippen molar-refractivity contribution in [3.63, 3.8) is 0 Å². The van der Waals surface area contributed by atoms with Gasteiger partial charge in [0.1, 0.15) is 17.3 Å². The molecule has 0 aliphatic rings. The van der Waals surface area contributed by atoms with Crippen LogP contribution in [0.2, 0.25) is 5.28 Å². The van der Waals surface area contributed by atoms with Crippen molar-refractivity contribution in [2.24, 2.45) is 0 Å². The first-order chi connectivity index (χ1) is 9.22. The molecule has 0 fully saturated rings. The van der Waals surface area contributed by atoms with Gasteiger partial charge in [-0.15, -0.1) is 0 Å². The lowest BCUT2D eigenvalue weighted by Crippen LogP contribution is -2.03. The molecule has 2 aromatic heterocycles. The minimum atomic E-state index is 0.220. The van der Waals surface area contributed by atoms with Crippen LogP contribution >= 0.6 is 11.6 Å². The summed E-state index contributed by atoms with van der Waals surface area (Å²) < 4.78 is 5.02. The molecule has 19 heavy (non-hydrogen) atoms. The first-order valence-corrected chi connectivity index (χ1v) is 6.18. The molecule has 2 heterocycles. The monoisotopic (exact) mass is 274 g/mol. The fraction of sp³-hybridized carbons (Fsp3) is 0.154. The van der Waals surface area contributed by atoms with Crippen molar-refractivity contribution in [3.05, 3.63) is 47.1 Å². The Hall–Kier alpha value is -2.14. The van der Waals surface area contributed by atoms with Crippen LogP contribution in [0.25, 0.3) is 10.9 Å². The highest BCUT2D eigenvalue weighted by molar-refractivity contribution is 6.28. The first-order valence-electron chi connectivity index (χ1n) is 5.81. The minimum Gasteiger partial charge on any atom is -0.364 e. The van der Waals surface area contributed by atoms with Gasteiger partial charge in [-0.1, -0.05) is 17.3 Å². The number of fused-ring (bicyclic) bond motifs is 1. The van der Waals surface area contributed by atoms with Gasteiger partial charge in [-0.25, -0.2) is 9.97 Å². The normalized spacial score (nSPS) is 10.8. The second kappa shape index (κ2) is 4.85. The average molecular weight is 275 g/mol. The van der Waals surface area contributed by atoms with E-state index >= 15 is 0 Å². The molecule has 1 aromatic carbocycles. The molecular weight excluding hydrogens is 264 g/mol. The van der Waals surface area contributed by atoms with Crippen LogP contribution in [0.1, 0.15) is 11.5 Å². The van der Waals surface area contributed by atoms with E-state index in [0.29, 0.717) is 12.4 Å². The fourth-order valence-electron chi connectivity index (χ4n) is 1.86. The van der Waals surface area contributed by atoms with Crippen LogP contribution in [0.3, 0.4) is 0 Å². The Morgan fingerprint density at radius 3 is 2.89 bits per heavy atom. The lowest BCUT2D eigenvalue weighted by Gasteiger charge is -2.07. The van der Waals surface area contributed by atoms with Crippen molar-refractivity contribution in [2.45, 2.75) is 13.5 Å². The third kappa shape index (κ3) is 2.51. The molecule has 6 heteroatoms. The SMILES string of the molecule is Cc1cc(CNc2nc(Cl)nc3ccccc23)no1. The van der Waals surface area contributed by atoms with Gasteiger partial charge in [0, 0.05) is 11.5 Å². The van der Waals surface area contributed by atoms with E-state index in [4.69, 9.17) is 16.1 Å². The summed E-state index contributed by atoms with van der Waals surface area (Å²) in [6.45, 7) is 2.38. The van der Waals surface area contributed by atoms with Gasteiger partial charge in [-0.3, -0.25) is 0 Å². The standard InChI is InChI=1S/C13H11ClN4O/c1-8-6-9(18-19-8)7-15-12-10-4-2-3-5-11(10)16-13(14)17-12/h2-6H,7H2,1H3,(H,15,16,17). The van der Waals surface area contributed by atoms with E-state index in [1.54, 1.807) is 0 Å². The smallest absolute Gasteiger partial charge is 0.224 e. The summed E-state index contributed by atoms with van der Waals surface area (Å²) in [5.74, 6) is 1.47. The van der Waals surface area contributed by atoms with E-state index in [9.17, 15) is 0 Å². The Balaban J connectivity index is 1.91. The second-order valence-electron chi connectivity index (χ2n) is 4.14. The van der Waals surface area contributed by atoms with Gasteiger partial charge in [-0.05, 0) is 30.7 Å². The number of halogens is 1. The number of anilines is 1. The number of rotatable bonds is 3. The quantitative estimate of drug-likeness (QED) is 0.743. The van der Waals surface area contributed by atoms with E-state index in [1.165, 1.54) is 0 Å². The van der Waals surface area contributed by atoms with Crippen molar-refractivity contribution in [3.8, 4) is 0 Å². The molecule has 0 unspecified atom stereocenters. The fourth-order valence-corrected chi connectivity index (χ4v) is 2.03. The minimum absolute atomic E-state index is 0.220. The van der Waals surface area contributed by atoms with Crippen LogP contribution in [0, 0.1) is 6.92 Å². The summed E-state index contributed by atoms with van der Waals surface area (Å²) in [7, 11) is 0. The highest BCUT2D eigenvalue weighted by atomic mass is 35.5. The molecule has 1 N–H and O–H groups in total. The van der Waals surface area contributed by atoms with Gasteiger partial charge in [-0.2, -0.15) is 0 Å². The van der Waals surface area contributed by atoms with Gasteiger partial charge in [0.05, 0.1) is 12.1 Å². The van der Waals surface area contributed by atoms with Crippen molar-refractivity contribution < 1.29 is 4.52 Å².